The van der Waals surface area contributed by atoms with Gasteiger partial charge in [-0.1, -0.05) is 13.8 Å². The Hall–Kier alpha value is -0.870. The number of benzene rings is 1. The molecule has 0 amide bonds. The van der Waals surface area contributed by atoms with Gasteiger partial charge in [-0.25, -0.2) is 0 Å². The predicted octanol–water partition coefficient (Wildman–Crippen LogP) is 3.72. The van der Waals surface area contributed by atoms with Crippen LogP contribution in [0.3, 0.4) is 0 Å². The van der Waals surface area contributed by atoms with Crippen molar-refractivity contribution >= 4 is 11.8 Å². The molecule has 1 N–H and O–H groups in total. The lowest BCUT2D eigenvalue weighted by Gasteiger charge is -2.21. The molecular formula is C16H25NO2S. The summed E-state index contributed by atoms with van der Waals surface area (Å²) in [7, 11) is 0. The standard InChI is InChI=1S/C16H25NO2S/c1-4-8-17-12(2)13(3)20-14-6-7-15-16(11-14)19-10-5-9-18-15/h6-7,11-13,17H,4-5,8-10H2,1-3H3. The van der Waals surface area contributed by atoms with Crippen LogP contribution in [-0.2, 0) is 0 Å². The van der Waals surface area contributed by atoms with Crippen LogP contribution in [0.2, 0.25) is 0 Å². The first-order valence-electron chi connectivity index (χ1n) is 7.50. The summed E-state index contributed by atoms with van der Waals surface area (Å²) in [5, 5.41) is 4.07. The van der Waals surface area contributed by atoms with Gasteiger partial charge in [0.1, 0.15) is 0 Å². The van der Waals surface area contributed by atoms with Gasteiger partial charge in [0.2, 0.25) is 0 Å². The first kappa shape index (κ1) is 15.5. The first-order valence-corrected chi connectivity index (χ1v) is 8.38. The molecule has 1 aliphatic heterocycles. The highest BCUT2D eigenvalue weighted by molar-refractivity contribution is 8.00. The molecule has 0 spiro atoms. The Morgan fingerprint density at radius 2 is 1.95 bits per heavy atom. The second-order valence-corrected chi connectivity index (χ2v) is 6.68. The molecule has 1 aliphatic rings. The maximum atomic E-state index is 5.74. The number of nitrogens with one attached hydrogen (secondary N) is 1. The molecule has 0 aromatic heterocycles. The van der Waals surface area contributed by atoms with Gasteiger partial charge >= 0.3 is 0 Å². The first-order chi connectivity index (χ1) is 9.70. The third kappa shape index (κ3) is 4.32. The highest BCUT2D eigenvalue weighted by Gasteiger charge is 2.15. The molecule has 0 saturated carbocycles. The fourth-order valence-electron chi connectivity index (χ4n) is 2.07. The van der Waals surface area contributed by atoms with Crippen LogP contribution in [0.15, 0.2) is 23.1 Å². The molecular weight excluding hydrogens is 270 g/mol. The lowest BCUT2D eigenvalue weighted by Crippen LogP contribution is -2.34. The Morgan fingerprint density at radius 3 is 2.70 bits per heavy atom. The zero-order valence-corrected chi connectivity index (χ0v) is 13.5. The zero-order chi connectivity index (χ0) is 14.4. The van der Waals surface area contributed by atoms with Crippen molar-refractivity contribution in [3.05, 3.63) is 18.2 Å². The predicted molar refractivity (Wildman–Crippen MR) is 85.1 cm³/mol. The molecule has 1 heterocycles. The van der Waals surface area contributed by atoms with Gasteiger partial charge in [0.15, 0.2) is 11.5 Å². The SMILES string of the molecule is CCCNC(C)C(C)Sc1ccc2c(c1)OCCCO2. The van der Waals surface area contributed by atoms with E-state index in [2.05, 4.69) is 38.2 Å². The van der Waals surface area contributed by atoms with E-state index in [4.69, 9.17) is 9.47 Å². The number of hydrogen-bond acceptors (Lipinski definition) is 4. The molecule has 1 aromatic carbocycles. The minimum Gasteiger partial charge on any atom is -0.490 e. The topological polar surface area (TPSA) is 30.5 Å². The van der Waals surface area contributed by atoms with E-state index in [0.29, 0.717) is 11.3 Å². The lowest BCUT2D eigenvalue weighted by atomic mass is 10.2. The number of thioether (sulfide) groups is 1. The molecule has 0 saturated heterocycles. The Labute approximate surface area is 126 Å². The summed E-state index contributed by atoms with van der Waals surface area (Å²) in [5.74, 6) is 1.76. The smallest absolute Gasteiger partial charge is 0.162 e. The highest BCUT2D eigenvalue weighted by Crippen LogP contribution is 2.35. The van der Waals surface area contributed by atoms with Gasteiger partial charge in [-0.3, -0.25) is 0 Å². The van der Waals surface area contributed by atoms with Gasteiger partial charge in [-0.15, -0.1) is 11.8 Å². The highest BCUT2D eigenvalue weighted by atomic mass is 32.2. The van der Waals surface area contributed by atoms with Crippen molar-refractivity contribution in [1.29, 1.82) is 0 Å². The van der Waals surface area contributed by atoms with E-state index in [9.17, 15) is 0 Å². The molecule has 0 bridgehead atoms. The van der Waals surface area contributed by atoms with Crippen LogP contribution < -0.4 is 14.8 Å². The summed E-state index contributed by atoms with van der Waals surface area (Å²) in [6.45, 7) is 9.27. The lowest BCUT2D eigenvalue weighted by molar-refractivity contribution is 0.297. The molecule has 20 heavy (non-hydrogen) atoms. The maximum absolute atomic E-state index is 5.74. The van der Waals surface area contributed by atoms with E-state index in [1.165, 1.54) is 11.3 Å². The van der Waals surface area contributed by atoms with Gasteiger partial charge in [0.05, 0.1) is 13.2 Å². The summed E-state index contributed by atoms with van der Waals surface area (Å²) >= 11 is 1.88. The second-order valence-electron chi connectivity index (χ2n) is 5.22. The van der Waals surface area contributed by atoms with Crippen LogP contribution in [0.5, 0.6) is 11.5 Å². The van der Waals surface area contributed by atoms with Crippen molar-refractivity contribution in [2.45, 2.75) is 49.8 Å². The fourth-order valence-corrected chi connectivity index (χ4v) is 3.12. The monoisotopic (exact) mass is 295 g/mol. The van der Waals surface area contributed by atoms with Crippen molar-refractivity contribution in [3.8, 4) is 11.5 Å². The normalized spacial score (nSPS) is 17.4. The van der Waals surface area contributed by atoms with Crippen molar-refractivity contribution < 1.29 is 9.47 Å². The number of rotatable bonds is 6. The van der Waals surface area contributed by atoms with E-state index in [1.54, 1.807) is 0 Å². The number of fused-ring (bicyclic) bond motifs is 1. The van der Waals surface area contributed by atoms with Crippen molar-refractivity contribution in [1.82, 2.24) is 5.32 Å². The van der Waals surface area contributed by atoms with Crippen LogP contribution in [0, 0.1) is 0 Å². The van der Waals surface area contributed by atoms with Gasteiger partial charge < -0.3 is 14.8 Å². The van der Waals surface area contributed by atoms with Crippen LogP contribution in [0.4, 0.5) is 0 Å². The number of ether oxygens (including phenoxy) is 2. The quantitative estimate of drug-likeness (QED) is 0.810. The van der Waals surface area contributed by atoms with Crippen molar-refractivity contribution in [2.24, 2.45) is 0 Å². The van der Waals surface area contributed by atoms with E-state index in [1.807, 2.05) is 17.8 Å². The molecule has 2 unspecified atom stereocenters. The third-order valence-corrected chi connectivity index (χ3v) is 4.77. The van der Waals surface area contributed by atoms with E-state index in [-0.39, 0.29) is 0 Å². The molecule has 112 valence electrons. The zero-order valence-electron chi connectivity index (χ0n) is 12.6. The molecule has 3 nitrogen and oxygen atoms in total. The average Bonchev–Trinajstić information content (AvgIpc) is 2.69. The summed E-state index contributed by atoms with van der Waals surface area (Å²) < 4.78 is 11.4. The fraction of sp³-hybridized carbons (Fsp3) is 0.625. The van der Waals surface area contributed by atoms with E-state index < -0.39 is 0 Å². The average molecular weight is 295 g/mol. The van der Waals surface area contributed by atoms with Crippen LogP contribution in [0.1, 0.15) is 33.6 Å². The molecule has 0 aliphatic carbocycles. The van der Waals surface area contributed by atoms with Crippen molar-refractivity contribution in [3.63, 3.8) is 0 Å². The van der Waals surface area contributed by atoms with Gasteiger partial charge in [-0.2, -0.15) is 0 Å². The Morgan fingerprint density at radius 1 is 1.20 bits per heavy atom. The molecule has 2 rings (SSSR count). The third-order valence-electron chi connectivity index (χ3n) is 3.46. The molecule has 2 atom stereocenters. The summed E-state index contributed by atoms with van der Waals surface area (Å²) in [6, 6.07) is 6.76. The van der Waals surface area contributed by atoms with E-state index in [0.717, 1.165) is 37.7 Å². The van der Waals surface area contributed by atoms with Crippen LogP contribution in [-0.4, -0.2) is 31.1 Å². The maximum Gasteiger partial charge on any atom is 0.162 e. The van der Waals surface area contributed by atoms with E-state index >= 15 is 0 Å². The van der Waals surface area contributed by atoms with Crippen molar-refractivity contribution in [2.75, 3.05) is 19.8 Å². The Balaban J connectivity index is 1.97. The Kier molecular flexibility index (Phi) is 6.05. The Bertz CT molecular complexity index is 425. The van der Waals surface area contributed by atoms with Crippen LogP contribution >= 0.6 is 11.8 Å². The van der Waals surface area contributed by atoms with Gasteiger partial charge in [0, 0.05) is 22.6 Å². The summed E-state index contributed by atoms with van der Waals surface area (Å²) in [5.41, 5.74) is 0. The van der Waals surface area contributed by atoms with Gasteiger partial charge in [0.25, 0.3) is 0 Å². The summed E-state index contributed by atoms with van der Waals surface area (Å²) in [6.07, 6.45) is 2.12. The molecule has 1 aromatic rings. The summed E-state index contributed by atoms with van der Waals surface area (Å²) in [4.78, 5) is 1.24. The van der Waals surface area contributed by atoms with Crippen LogP contribution in [0.25, 0.3) is 0 Å². The van der Waals surface area contributed by atoms with Gasteiger partial charge in [-0.05, 0) is 38.1 Å². The minimum absolute atomic E-state index is 0.496. The molecule has 0 fully saturated rings. The molecule has 0 radical (unpaired) electrons. The largest absolute Gasteiger partial charge is 0.490 e. The second kappa shape index (κ2) is 7.79. The molecule has 4 heteroatoms. The minimum atomic E-state index is 0.496. The number of hydrogen-bond donors (Lipinski definition) is 1.